The van der Waals surface area contributed by atoms with Gasteiger partial charge in [-0.2, -0.15) is 0 Å². The molecule has 0 spiro atoms. The Hall–Kier alpha value is -2.57. The summed E-state index contributed by atoms with van der Waals surface area (Å²) in [6.45, 7) is 5.85. The first-order valence-corrected chi connectivity index (χ1v) is 9.08. The Morgan fingerprint density at radius 3 is 2.18 bits per heavy atom. The van der Waals surface area contributed by atoms with Crippen LogP contribution in [0.25, 0.3) is 0 Å². The third-order valence-corrected chi connectivity index (χ3v) is 3.88. The molecule has 2 rings (SSSR count). The number of carbonyl (C=O) groups excluding carboxylic acids is 2. The first-order valence-electron chi connectivity index (χ1n) is 9.08. The summed E-state index contributed by atoms with van der Waals surface area (Å²) in [5, 5.41) is 5.77. The van der Waals surface area contributed by atoms with Crippen LogP contribution in [0.5, 0.6) is 11.5 Å². The second-order valence-corrected chi connectivity index (χ2v) is 5.76. The maximum absolute atomic E-state index is 13.0. The first kappa shape index (κ1) is 23.5. The van der Waals surface area contributed by atoms with Gasteiger partial charge in [-0.05, 0) is 45.2 Å². The molecular formula is C21H27ClN2O4. The third-order valence-electron chi connectivity index (χ3n) is 3.88. The van der Waals surface area contributed by atoms with Crippen LogP contribution >= 0.6 is 12.4 Å². The van der Waals surface area contributed by atoms with Crippen LogP contribution < -0.4 is 20.1 Å². The maximum Gasteiger partial charge on any atom is 0.252 e. The number of ether oxygens (including phenoxy) is 2. The SMILES string of the molecule is CCOc1ccc(C(=O)c2ccccc2C(=O)NCCNC)cc1OCC.Cl. The van der Waals surface area contributed by atoms with Gasteiger partial charge < -0.3 is 20.1 Å². The molecule has 0 radical (unpaired) electrons. The zero-order chi connectivity index (χ0) is 19.6. The number of amides is 1. The van der Waals surface area contributed by atoms with Crippen molar-refractivity contribution in [1.82, 2.24) is 10.6 Å². The normalized spacial score (nSPS) is 9.96. The van der Waals surface area contributed by atoms with Gasteiger partial charge in [-0.1, -0.05) is 18.2 Å². The summed E-state index contributed by atoms with van der Waals surface area (Å²) in [7, 11) is 1.81. The Morgan fingerprint density at radius 2 is 1.54 bits per heavy atom. The van der Waals surface area contributed by atoms with Crippen molar-refractivity contribution >= 4 is 24.1 Å². The summed E-state index contributed by atoms with van der Waals surface area (Å²) in [5.41, 5.74) is 1.15. The van der Waals surface area contributed by atoms with E-state index in [1.54, 1.807) is 42.5 Å². The zero-order valence-electron chi connectivity index (χ0n) is 16.4. The smallest absolute Gasteiger partial charge is 0.252 e. The van der Waals surface area contributed by atoms with Gasteiger partial charge in [-0.15, -0.1) is 12.4 Å². The number of ketones is 1. The lowest BCUT2D eigenvalue weighted by Gasteiger charge is -2.13. The molecule has 0 atom stereocenters. The second kappa shape index (κ2) is 12.0. The fraction of sp³-hybridized carbons (Fsp3) is 0.333. The van der Waals surface area contributed by atoms with Crippen LogP contribution in [0.4, 0.5) is 0 Å². The molecule has 2 aromatic rings. The van der Waals surface area contributed by atoms with Crippen molar-refractivity contribution in [1.29, 1.82) is 0 Å². The molecule has 1 amide bonds. The van der Waals surface area contributed by atoms with Gasteiger partial charge in [0.15, 0.2) is 17.3 Å². The van der Waals surface area contributed by atoms with Gasteiger partial charge in [-0.25, -0.2) is 0 Å². The number of halogens is 1. The molecule has 0 aliphatic heterocycles. The fourth-order valence-electron chi connectivity index (χ4n) is 2.62. The molecule has 0 aliphatic carbocycles. The molecule has 7 heteroatoms. The van der Waals surface area contributed by atoms with Crippen molar-refractivity contribution in [2.45, 2.75) is 13.8 Å². The lowest BCUT2D eigenvalue weighted by atomic mass is 9.97. The summed E-state index contributed by atoms with van der Waals surface area (Å²) in [5.74, 6) is 0.596. The highest BCUT2D eigenvalue weighted by Gasteiger charge is 2.19. The third kappa shape index (κ3) is 5.97. The molecule has 0 aromatic heterocycles. The quantitative estimate of drug-likeness (QED) is 0.468. The molecule has 0 unspecified atom stereocenters. The molecule has 0 saturated carbocycles. The average Bonchev–Trinajstić information content (AvgIpc) is 2.69. The van der Waals surface area contributed by atoms with Gasteiger partial charge >= 0.3 is 0 Å². The van der Waals surface area contributed by atoms with E-state index in [-0.39, 0.29) is 24.1 Å². The Bertz CT molecular complexity index is 796. The van der Waals surface area contributed by atoms with E-state index in [9.17, 15) is 9.59 Å². The van der Waals surface area contributed by atoms with Crippen LogP contribution in [0.1, 0.15) is 40.1 Å². The summed E-state index contributed by atoms with van der Waals surface area (Å²) >= 11 is 0. The molecule has 2 aromatic carbocycles. The van der Waals surface area contributed by atoms with Crippen molar-refractivity contribution in [3.05, 3.63) is 59.2 Å². The molecular weight excluding hydrogens is 380 g/mol. The highest BCUT2D eigenvalue weighted by atomic mass is 35.5. The highest BCUT2D eigenvalue weighted by Crippen LogP contribution is 2.29. The standard InChI is InChI=1S/C21H26N2O4.ClH/c1-4-26-18-11-10-15(14-19(18)27-5-2)20(24)16-8-6-7-9-17(16)21(25)23-13-12-22-3;/h6-11,14,22H,4-5,12-13H2,1-3H3,(H,23,25);1H. The van der Waals surface area contributed by atoms with Crippen LogP contribution in [-0.2, 0) is 0 Å². The minimum absolute atomic E-state index is 0. The Balaban J connectivity index is 0.00000392. The highest BCUT2D eigenvalue weighted by molar-refractivity contribution is 6.15. The molecule has 0 aliphatic rings. The molecule has 152 valence electrons. The van der Waals surface area contributed by atoms with E-state index in [0.717, 1.165) is 0 Å². The maximum atomic E-state index is 13.0. The lowest BCUT2D eigenvalue weighted by molar-refractivity contribution is 0.0942. The summed E-state index contributed by atoms with van der Waals surface area (Å²) in [4.78, 5) is 25.5. The van der Waals surface area contributed by atoms with Crippen LogP contribution in [0, 0.1) is 0 Å². The molecule has 0 bridgehead atoms. The monoisotopic (exact) mass is 406 g/mol. The Morgan fingerprint density at radius 1 is 0.893 bits per heavy atom. The predicted octanol–water partition coefficient (Wildman–Crippen LogP) is 3.09. The van der Waals surface area contributed by atoms with E-state index < -0.39 is 0 Å². The largest absolute Gasteiger partial charge is 0.490 e. The van der Waals surface area contributed by atoms with Gasteiger partial charge in [0.25, 0.3) is 5.91 Å². The van der Waals surface area contributed by atoms with Crippen molar-refractivity contribution in [2.24, 2.45) is 0 Å². The van der Waals surface area contributed by atoms with Gasteiger partial charge in [0, 0.05) is 24.2 Å². The second-order valence-electron chi connectivity index (χ2n) is 5.76. The molecule has 2 N–H and O–H groups in total. The van der Waals surface area contributed by atoms with Crippen molar-refractivity contribution in [2.75, 3.05) is 33.4 Å². The Labute approximate surface area is 172 Å². The van der Waals surface area contributed by atoms with E-state index in [4.69, 9.17) is 9.47 Å². The lowest BCUT2D eigenvalue weighted by Crippen LogP contribution is -2.31. The minimum atomic E-state index is -0.273. The Kier molecular flexibility index (Phi) is 10.1. The number of nitrogens with one attached hydrogen (secondary N) is 2. The zero-order valence-corrected chi connectivity index (χ0v) is 17.2. The van der Waals surface area contributed by atoms with Crippen LogP contribution in [0.15, 0.2) is 42.5 Å². The summed E-state index contributed by atoms with van der Waals surface area (Å²) in [6.07, 6.45) is 0. The molecule has 6 nitrogen and oxygen atoms in total. The number of likely N-dealkylation sites (N-methyl/N-ethyl adjacent to an activating group) is 1. The average molecular weight is 407 g/mol. The number of carbonyl (C=O) groups is 2. The van der Waals surface area contributed by atoms with Gasteiger partial charge in [0.05, 0.1) is 18.8 Å². The topological polar surface area (TPSA) is 76.7 Å². The van der Waals surface area contributed by atoms with E-state index in [1.165, 1.54) is 0 Å². The fourth-order valence-corrected chi connectivity index (χ4v) is 2.62. The molecule has 0 saturated heterocycles. The van der Waals surface area contributed by atoms with Crippen molar-refractivity contribution in [3.8, 4) is 11.5 Å². The summed E-state index contributed by atoms with van der Waals surface area (Å²) in [6, 6.07) is 11.9. The van der Waals surface area contributed by atoms with E-state index in [1.807, 2.05) is 20.9 Å². The predicted molar refractivity (Wildman–Crippen MR) is 112 cm³/mol. The minimum Gasteiger partial charge on any atom is -0.490 e. The van der Waals surface area contributed by atoms with E-state index in [0.29, 0.717) is 54.5 Å². The molecule has 28 heavy (non-hydrogen) atoms. The number of rotatable bonds is 10. The number of hydrogen-bond donors (Lipinski definition) is 2. The first-order chi connectivity index (χ1) is 13.1. The van der Waals surface area contributed by atoms with E-state index >= 15 is 0 Å². The molecule has 0 fully saturated rings. The van der Waals surface area contributed by atoms with Crippen LogP contribution in [0.3, 0.4) is 0 Å². The number of benzene rings is 2. The van der Waals surface area contributed by atoms with Gasteiger partial charge in [0.1, 0.15) is 0 Å². The number of hydrogen-bond acceptors (Lipinski definition) is 5. The summed E-state index contributed by atoms with van der Waals surface area (Å²) < 4.78 is 11.1. The van der Waals surface area contributed by atoms with Gasteiger partial charge in [0.2, 0.25) is 0 Å². The van der Waals surface area contributed by atoms with Crippen molar-refractivity contribution in [3.63, 3.8) is 0 Å². The molecule has 0 heterocycles. The van der Waals surface area contributed by atoms with Crippen molar-refractivity contribution < 1.29 is 19.1 Å². The van der Waals surface area contributed by atoms with Crippen LogP contribution in [0.2, 0.25) is 0 Å². The van der Waals surface area contributed by atoms with E-state index in [2.05, 4.69) is 10.6 Å². The van der Waals surface area contributed by atoms with Gasteiger partial charge in [-0.3, -0.25) is 9.59 Å². The van der Waals surface area contributed by atoms with Crippen LogP contribution in [-0.4, -0.2) is 45.0 Å².